The Morgan fingerprint density at radius 2 is 1.90 bits per heavy atom. The molecule has 2 rings (SSSR count). The van der Waals surface area contributed by atoms with E-state index in [1.807, 2.05) is 0 Å². The van der Waals surface area contributed by atoms with Crippen LogP contribution in [-0.2, 0) is 11.4 Å². The molecule has 1 fully saturated rings. The normalized spacial score (nSPS) is 16.3. The summed E-state index contributed by atoms with van der Waals surface area (Å²) in [6.45, 7) is 2.32. The third-order valence-electron chi connectivity index (χ3n) is 3.30. The van der Waals surface area contributed by atoms with E-state index in [2.05, 4.69) is 0 Å². The van der Waals surface area contributed by atoms with Gasteiger partial charge in [-0.25, -0.2) is 8.78 Å². The molecule has 20 heavy (non-hydrogen) atoms. The number of hydrogen-bond donors (Lipinski definition) is 1. The second-order valence-electron chi connectivity index (χ2n) is 4.84. The number of likely N-dealkylation sites (tertiary alicyclic amines) is 1. The molecule has 6 heteroatoms. The third kappa shape index (κ3) is 3.07. The average molecular weight is 285 g/mol. The molecular weight excluding hydrogens is 268 g/mol. The van der Waals surface area contributed by atoms with Crippen molar-refractivity contribution in [3.05, 3.63) is 29.3 Å². The maximum atomic E-state index is 13.7. The Bertz CT molecular complexity index is 478. The second kappa shape index (κ2) is 6.17. The lowest BCUT2D eigenvalue weighted by molar-refractivity contribution is -0.136. The van der Waals surface area contributed by atoms with E-state index in [1.165, 1.54) is 6.92 Å². The predicted octanol–water partition coefficient (Wildman–Crippen LogP) is 1.85. The number of benzene rings is 1. The number of aliphatic hydroxyl groups is 1. The van der Waals surface area contributed by atoms with E-state index < -0.39 is 30.1 Å². The van der Waals surface area contributed by atoms with Gasteiger partial charge in [0.1, 0.15) is 0 Å². The molecule has 1 aromatic rings. The van der Waals surface area contributed by atoms with Crippen LogP contribution in [0.15, 0.2) is 12.1 Å². The monoisotopic (exact) mass is 285 g/mol. The maximum Gasteiger partial charge on any atom is 0.263 e. The first-order valence-corrected chi connectivity index (χ1v) is 6.57. The predicted molar refractivity (Wildman–Crippen MR) is 68.2 cm³/mol. The summed E-state index contributed by atoms with van der Waals surface area (Å²) in [5.74, 6) is -2.69. The van der Waals surface area contributed by atoms with Crippen molar-refractivity contribution in [2.75, 3.05) is 13.1 Å². The zero-order valence-electron chi connectivity index (χ0n) is 11.2. The summed E-state index contributed by atoms with van der Waals surface area (Å²) in [5, 5.41) is 8.86. The molecule has 0 radical (unpaired) electrons. The number of carbonyl (C=O) groups is 1. The number of ether oxygens (including phenoxy) is 1. The second-order valence-corrected chi connectivity index (χ2v) is 4.84. The van der Waals surface area contributed by atoms with Crippen LogP contribution in [-0.4, -0.2) is 35.1 Å². The van der Waals surface area contributed by atoms with E-state index >= 15 is 0 Å². The van der Waals surface area contributed by atoms with Gasteiger partial charge >= 0.3 is 0 Å². The van der Waals surface area contributed by atoms with Gasteiger partial charge in [-0.2, -0.15) is 0 Å². The van der Waals surface area contributed by atoms with Gasteiger partial charge in [-0.15, -0.1) is 0 Å². The van der Waals surface area contributed by atoms with Crippen molar-refractivity contribution in [2.45, 2.75) is 32.5 Å². The van der Waals surface area contributed by atoms with E-state index in [0.717, 1.165) is 25.0 Å². The number of hydrogen-bond acceptors (Lipinski definition) is 3. The number of carbonyl (C=O) groups excluding carboxylic acids is 1. The van der Waals surface area contributed by atoms with Gasteiger partial charge in [-0.1, -0.05) is 0 Å². The summed E-state index contributed by atoms with van der Waals surface area (Å²) in [7, 11) is 0. The number of aliphatic hydroxyl groups excluding tert-OH is 1. The third-order valence-corrected chi connectivity index (χ3v) is 3.30. The summed E-state index contributed by atoms with van der Waals surface area (Å²) in [5.41, 5.74) is 0.117. The molecule has 0 bridgehead atoms. The van der Waals surface area contributed by atoms with Crippen molar-refractivity contribution >= 4 is 5.91 Å². The smallest absolute Gasteiger partial charge is 0.263 e. The molecule has 1 heterocycles. The minimum Gasteiger partial charge on any atom is -0.475 e. The van der Waals surface area contributed by atoms with E-state index in [0.29, 0.717) is 13.1 Å². The van der Waals surface area contributed by atoms with Crippen LogP contribution in [0.4, 0.5) is 8.78 Å². The van der Waals surface area contributed by atoms with Crippen molar-refractivity contribution < 1.29 is 23.4 Å². The number of nitrogens with zero attached hydrogens (tertiary/aromatic N) is 1. The quantitative estimate of drug-likeness (QED) is 0.918. The SMILES string of the molecule is CC(Oc1c(F)cc(CO)cc1F)C(=O)N1CCCC1. The molecular formula is C14H17F2NO3. The fourth-order valence-electron chi connectivity index (χ4n) is 2.24. The molecule has 4 nitrogen and oxygen atoms in total. The number of halogens is 2. The van der Waals surface area contributed by atoms with Crippen LogP contribution in [0.1, 0.15) is 25.3 Å². The van der Waals surface area contributed by atoms with E-state index in [9.17, 15) is 13.6 Å². The van der Waals surface area contributed by atoms with Gasteiger partial charge in [0.2, 0.25) is 0 Å². The summed E-state index contributed by atoms with van der Waals surface area (Å²) in [6.07, 6.45) is 0.927. The van der Waals surface area contributed by atoms with Gasteiger partial charge in [0.05, 0.1) is 6.61 Å². The molecule has 0 spiro atoms. The van der Waals surface area contributed by atoms with E-state index in [4.69, 9.17) is 9.84 Å². The highest BCUT2D eigenvalue weighted by Crippen LogP contribution is 2.25. The number of amides is 1. The summed E-state index contributed by atoms with van der Waals surface area (Å²) in [4.78, 5) is 13.6. The van der Waals surface area contributed by atoms with Crippen LogP contribution in [0.25, 0.3) is 0 Å². The Balaban J connectivity index is 2.11. The lowest BCUT2D eigenvalue weighted by atomic mass is 10.2. The van der Waals surface area contributed by atoms with Crippen LogP contribution in [0.5, 0.6) is 5.75 Å². The van der Waals surface area contributed by atoms with Gasteiger partial charge in [0.15, 0.2) is 23.5 Å². The molecule has 1 aliphatic heterocycles. The minimum absolute atomic E-state index is 0.117. The molecule has 1 atom stereocenters. The summed E-state index contributed by atoms with van der Waals surface area (Å²) >= 11 is 0. The highest BCUT2D eigenvalue weighted by Gasteiger charge is 2.26. The summed E-state index contributed by atoms with van der Waals surface area (Å²) in [6, 6.07) is 1.98. The van der Waals surface area contributed by atoms with E-state index in [1.54, 1.807) is 4.90 Å². The van der Waals surface area contributed by atoms with Crippen molar-refractivity contribution in [1.82, 2.24) is 4.90 Å². The zero-order valence-corrected chi connectivity index (χ0v) is 11.2. The molecule has 0 aromatic heterocycles. The van der Waals surface area contributed by atoms with Gasteiger partial charge < -0.3 is 14.7 Å². The van der Waals surface area contributed by atoms with Crippen LogP contribution in [0, 0.1) is 11.6 Å². The van der Waals surface area contributed by atoms with Crippen LogP contribution in [0.2, 0.25) is 0 Å². The molecule has 1 aliphatic rings. The van der Waals surface area contributed by atoms with Gasteiger partial charge in [-0.05, 0) is 37.5 Å². The average Bonchev–Trinajstić information content (AvgIpc) is 2.95. The zero-order chi connectivity index (χ0) is 14.7. The first-order chi connectivity index (χ1) is 9.52. The molecule has 1 amide bonds. The fraction of sp³-hybridized carbons (Fsp3) is 0.500. The first-order valence-electron chi connectivity index (χ1n) is 6.57. The van der Waals surface area contributed by atoms with Gasteiger partial charge in [-0.3, -0.25) is 4.79 Å². The Hall–Kier alpha value is -1.69. The lowest BCUT2D eigenvalue weighted by Gasteiger charge is -2.21. The van der Waals surface area contributed by atoms with Crippen molar-refractivity contribution in [2.24, 2.45) is 0 Å². The molecule has 1 unspecified atom stereocenters. The summed E-state index contributed by atoms with van der Waals surface area (Å²) < 4.78 is 32.5. The van der Waals surface area contributed by atoms with Crippen molar-refractivity contribution in [3.63, 3.8) is 0 Å². The largest absolute Gasteiger partial charge is 0.475 e. The topological polar surface area (TPSA) is 49.8 Å². The molecule has 1 N–H and O–H groups in total. The molecule has 0 saturated carbocycles. The minimum atomic E-state index is -0.947. The van der Waals surface area contributed by atoms with Crippen molar-refractivity contribution in [1.29, 1.82) is 0 Å². The first kappa shape index (κ1) is 14.7. The Labute approximate surface area is 116 Å². The number of rotatable bonds is 4. The Morgan fingerprint density at radius 1 is 1.35 bits per heavy atom. The molecule has 1 aromatic carbocycles. The molecule has 0 aliphatic carbocycles. The molecule has 1 saturated heterocycles. The Morgan fingerprint density at radius 3 is 2.40 bits per heavy atom. The fourth-order valence-corrected chi connectivity index (χ4v) is 2.24. The van der Waals surface area contributed by atoms with Gasteiger partial charge in [0.25, 0.3) is 5.91 Å². The van der Waals surface area contributed by atoms with Gasteiger partial charge in [0, 0.05) is 13.1 Å². The highest BCUT2D eigenvalue weighted by molar-refractivity contribution is 5.81. The lowest BCUT2D eigenvalue weighted by Crippen LogP contribution is -2.38. The van der Waals surface area contributed by atoms with Crippen molar-refractivity contribution in [3.8, 4) is 5.75 Å². The Kier molecular flexibility index (Phi) is 4.54. The maximum absolute atomic E-state index is 13.7. The standard InChI is InChI=1S/C14H17F2NO3/c1-9(14(19)17-4-2-3-5-17)20-13-11(15)6-10(8-18)7-12(13)16/h6-7,9,18H,2-5,8H2,1H3. The van der Waals surface area contributed by atoms with Crippen LogP contribution >= 0.6 is 0 Å². The highest BCUT2D eigenvalue weighted by atomic mass is 19.1. The van der Waals surface area contributed by atoms with Crippen LogP contribution in [0.3, 0.4) is 0 Å². The van der Waals surface area contributed by atoms with E-state index in [-0.39, 0.29) is 11.5 Å². The molecule has 110 valence electrons. The van der Waals surface area contributed by atoms with Crippen LogP contribution < -0.4 is 4.74 Å².